The van der Waals surface area contributed by atoms with Crippen LogP contribution in [0.4, 0.5) is 0 Å². The van der Waals surface area contributed by atoms with Crippen molar-refractivity contribution in [3.63, 3.8) is 0 Å². The minimum absolute atomic E-state index is 0.829. The third kappa shape index (κ3) is 5.53. The summed E-state index contributed by atoms with van der Waals surface area (Å²) in [5.41, 5.74) is 0. The third-order valence-electron chi connectivity index (χ3n) is 3.83. The molecule has 19 heavy (non-hydrogen) atoms. The molecule has 1 heterocycles. The van der Waals surface area contributed by atoms with Gasteiger partial charge in [-0.2, -0.15) is 0 Å². The molecule has 0 amide bonds. The Morgan fingerprint density at radius 1 is 1.00 bits per heavy atom. The van der Waals surface area contributed by atoms with E-state index in [1.807, 2.05) is 24.3 Å². The molecule has 1 aromatic rings. The molecule has 0 bridgehead atoms. The van der Waals surface area contributed by atoms with Gasteiger partial charge in [0.2, 0.25) is 0 Å². The molecule has 1 aliphatic rings. The van der Waals surface area contributed by atoms with E-state index >= 15 is 0 Å². The molecule has 2 nitrogen and oxygen atoms in total. The van der Waals surface area contributed by atoms with Crippen LogP contribution in [0, 0.1) is 0 Å². The van der Waals surface area contributed by atoms with Crippen LogP contribution in [0.3, 0.4) is 0 Å². The third-order valence-corrected chi connectivity index (χ3v) is 4.48. The van der Waals surface area contributed by atoms with Crippen LogP contribution in [-0.2, 0) is 0 Å². The molecule has 0 aromatic heterocycles. The van der Waals surface area contributed by atoms with Gasteiger partial charge in [-0.1, -0.05) is 12.1 Å². The lowest BCUT2D eigenvalue weighted by Crippen LogP contribution is -3.11. The standard InChI is InChI=1S/C16H24BrNO/c17-15-9-3-4-10-16(15)19-14-8-7-13-18-11-5-1-2-6-12-18/h3-4,9-10H,1-2,5-8,11-14H2/p+1. The molecule has 0 atom stereocenters. The second kappa shape index (κ2) is 8.60. The Kier molecular flexibility index (Phi) is 6.72. The summed E-state index contributed by atoms with van der Waals surface area (Å²) in [5, 5.41) is 0. The first-order chi connectivity index (χ1) is 9.36. The fourth-order valence-corrected chi connectivity index (χ4v) is 3.10. The highest BCUT2D eigenvalue weighted by molar-refractivity contribution is 9.10. The molecule has 1 aliphatic heterocycles. The fraction of sp³-hybridized carbons (Fsp3) is 0.625. The van der Waals surface area contributed by atoms with Crippen molar-refractivity contribution in [2.24, 2.45) is 0 Å². The summed E-state index contributed by atoms with van der Waals surface area (Å²) >= 11 is 3.51. The summed E-state index contributed by atoms with van der Waals surface area (Å²) in [7, 11) is 0. The number of ether oxygens (including phenoxy) is 1. The number of hydrogen-bond donors (Lipinski definition) is 1. The number of rotatable bonds is 6. The van der Waals surface area contributed by atoms with Crippen molar-refractivity contribution in [2.75, 3.05) is 26.2 Å². The first kappa shape index (κ1) is 14.9. The van der Waals surface area contributed by atoms with Crippen molar-refractivity contribution < 1.29 is 9.64 Å². The maximum Gasteiger partial charge on any atom is 0.133 e. The van der Waals surface area contributed by atoms with Gasteiger partial charge in [0, 0.05) is 0 Å². The van der Waals surface area contributed by atoms with Crippen molar-refractivity contribution >= 4 is 15.9 Å². The van der Waals surface area contributed by atoms with Crippen LogP contribution in [-0.4, -0.2) is 26.2 Å². The van der Waals surface area contributed by atoms with E-state index in [0.29, 0.717) is 0 Å². The molecule has 0 aliphatic carbocycles. The highest BCUT2D eigenvalue weighted by Gasteiger charge is 2.11. The Morgan fingerprint density at radius 2 is 1.74 bits per heavy atom. The van der Waals surface area contributed by atoms with E-state index in [1.165, 1.54) is 51.7 Å². The predicted octanol–water partition coefficient (Wildman–Crippen LogP) is 3.07. The Labute approximate surface area is 125 Å². The van der Waals surface area contributed by atoms with Crippen LogP contribution in [0.25, 0.3) is 0 Å². The number of quaternary nitrogens is 1. The van der Waals surface area contributed by atoms with E-state index in [2.05, 4.69) is 15.9 Å². The number of nitrogens with one attached hydrogen (secondary N) is 1. The second-order valence-electron chi connectivity index (χ2n) is 5.40. The summed E-state index contributed by atoms with van der Waals surface area (Å²) in [5.74, 6) is 0.963. The van der Waals surface area contributed by atoms with Crippen molar-refractivity contribution in [3.8, 4) is 5.75 Å². The van der Waals surface area contributed by atoms with Crippen LogP contribution in [0.2, 0.25) is 0 Å². The van der Waals surface area contributed by atoms with Crippen LogP contribution < -0.4 is 9.64 Å². The summed E-state index contributed by atoms with van der Waals surface area (Å²) in [6.07, 6.45) is 8.15. The SMILES string of the molecule is Brc1ccccc1OCCCC[NH+]1CCCCCC1. The molecule has 1 N–H and O–H groups in total. The first-order valence-electron chi connectivity index (χ1n) is 7.57. The van der Waals surface area contributed by atoms with E-state index < -0.39 is 0 Å². The summed E-state index contributed by atoms with van der Waals surface area (Å²) in [6.45, 7) is 4.91. The van der Waals surface area contributed by atoms with Gasteiger partial charge in [-0.25, -0.2) is 0 Å². The van der Waals surface area contributed by atoms with Crippen LogP contribution in [0.1, 0.15) is 38.5 Å². The van der Waals surface area contributed by atoms with E-state index in [9.17, 15) is 0 Å². The molecule has 2 rings (SSSR count). The van der Waals surface area contributed by atoms with Crippen molar-refractivity contribution in [1.29, 1.82) is 0 Å². The highest BCUT2D eigenvalue weighted by atomic mass is 79.9. The fourth-order valence-electron chi connectivity index (χ4n) is 2.70. The number of unbranched alkanes of at least 4 members (excludes halogenated alkanes) is 1. The van der Waals surface area contributed by atoms with Gasteiger partial charge in [0.15, 0.2) is 0 Å². The molecular formula is C16H25BrNO+. The molecular weight excluding hydrogens is 302 g/mol. The van der Waals surface area contributed by atoms with Gasteiger partial charge in [-0.3, -0.25) is 0 Å². The van der Waals surface area contributed by atoms with E-state index in [-0.39, 0.29) is 0 Å². The molecule has 1 saturated heterocycles. The molecule has 0 radical (unpaired) electrons. The quantitative estimate of drug-likeness (QED) is 0.793. The smallest absolute Gasteiger partial charge is 0.133 e. The van der Waals surface area contributed by atoms with Gasteiger partial charge in [-0.05, 0) is 66.6 Å². The van der Waals surface area contributed by atoms with Gasteiger partial charge < -0.3 is 9.64 Å². The monoisotopic (exact) mass is 326 g/mol. The summed E-state index contributed by atoms with van der Waals surface area (Å²) in [6, 6.07) is 8.07. The van der Waals surface area contributed by atoms with Crippen molar-refractivity contribution in [1.82, 2.24) is 0 Å². The van der Waals surface area contributed by atoms with Gasteiger partial charge in [0.05, 0.1) is 30.7 Å². The van der Waals surface area contributed by atoms with Gasteiger partial charge >= 0.3 is 0 Å². The molecule has 0 spiro atoms. The lowest BCUT2D eigenvalue weighted by molar-refractivity contribution is -0.899. The minimum atomic E-state index is 0.829. The number of halogens is 1. The first-order valence-corrected chi connectivity index (χ1v) is 8.36. The average molecular weight is 327 g/mol. The topological polar surface area (TPSA) is 13.7 Å². The van der Waals surface area contributed by atoms with Gasteiger partial charge in [0.1, 0.15) is 5.75 Å². The zero-order valence-corrected chi connectivity index (χ0v) is 13.3. The number of likely N-dealkylation sites (tertiary alicyclic amines) is 1. The molecule has 1 aromatic carbocycles. The zero-order valence-electron chi connectivity index (χ0n) is 11.7. The maximum absolute atomic E-state index is 5.79. The molecule has 3 heteroatoms. The number of hydrogen-bond acceptors (Lipinski definition) is 1. The largest absolute Gasteiger partial charge is 0.492 e. The van der Waals surface area contributed by atoms with Gasteiger partial charge in [0.25, 0.3) is 0 Å². The lowest BCUT2D eigenvalue weighted by Gasteiger charge is -2.16. The zero-order chi connectivity index (χ0) is 13.3. The van der Waals surface area contributed by atoms with Gasteiger partial charge in [-0.15, -0.1) is 0 Å². The second-order valence-corrected chi connectivity index (χ2v) is 6.25. The lowest BCUT2D eigenvalue weighted by atomic mass is 10.2. The van der Waals surface area contributed by atoms with E-state index in [1.54, 1.807) is 4.90 Å². The molecule has 0 unspecified atom stereocenters. The summed E-state index contributed by atoms with van der Waals surface area (Å²) in [4.78, 5) is 1.80. The number of para-hydroxylation sites is 1. The summed E-state index contributed by atoms with van der Waals surface area (Å²) < 4.78 is 6.84. The molecule has 0 saturated carbocycles. The van der Waals surface area contributed by atoms with Crippen molar-refractivity contribution in [2.45, 2.75) is 38.5 Å². The molecule has 106 valence electrons. The van der Waals surface area contributed by atoms with E-state index in [4.69, 9.17) is 4.74 Å². The normalized spacial score (nSPS) is 17.1. The average Bonchev–Trinajstić information content (AvgIpc) is 2.69. The number of benzene rings is 1. The maximum atomic E-state index is 5.79. The Balaban J connectivity index is 1.58. The van der Waals surface area contributed by atoms with E-state index in [0.717, 1.165) is 23.2 Å². The Morgan fingerprint density at radius 3 is 2.47 bits per heavy atom. The predicted molar refractivity (Wildman–Crippen MR) is 82.9 cm³/mol. The Bertz CT molecular complexity index is 362. The van der Waals surface area contributed by atoms with Crippen LogP contribution >= 0.6 is 15.9 Å². The van der Waals surface area contributed by atoms with Crippen molar-refractivity contribution in [3.05, 3.63) is 28.7 Å². The van der Waals surface area contributed by atoms with Crippen LogP contribution in [0.15, 0.2) is 28.7 Å². The molecule has 1 fully saturated rings. The Hall–Kier alpha value is -0.540. The minimum Gasteiger partial charge on any atom is -0.492 e. The highest BCUT2D eigenvalue weighted by Crippen LogP contribution is 2.23. The van der Waals surface area contributed by atoms with Crippen LogP contribution in [0.5, 0.6) is 5.75 Å².